The van der Waals surface area contributed by atoms with Crippen molar-refractivity contribution in [2.45, 2.75) is 0 Å². The molecule has 2 heterocycles. The summed E-state index contributed by atoms with van der Waals surface area (Å²) in [5.74, 6) is 1.40. The lowest BCUT2D eigenvalue weighted by Crippen LogP contribution is -2.33. The zero-order valence-corrected chi connectivity index (χ0v) is 13.1. The molecule has 24 heavy (non-hydrogen) atoms. The molecule has 0 spiro atoms. The van der Waals surface area contributed by atoms with Crippen molar-refractivity contribution in [3.63, 3.8) is 0 Å². The lowest BCUT2D eigenvalue weighted by Gasteiger charge is -2.06. The molecule has 7 nitrogen and oxygen atoms in total. The van der Waals surface area contributed by atoms with Crippen LogP contribution in [-0.4, -0.2) is 30.9 Å². The fourth-order valence-electron chi connectivity index (χ4n) is 2.30. The first-order valence-electron chi connectivity index (χ1n) is 7.05. The molecule has 0 radical (unpaired) electrons. The quantitative estimate of drug-likeness (QED) is 0.870. The molecule has 0 bridgehead atoms. The molecule has 1 aliphatic heterocycles. The first-order chi connectivity index (χ1) is 11.5. The van der Waals surface area contributed by atoms with E-state index in [9.17, 15) is 4.79 Å². The second kappa shape index (κ2) is 5.93. The first-order valence-corrected chi connectivity index (χ1v) is 7.05. The van der Waals surface area contributed by atoms with Crippen molar-refractivity contribution in [3.05, 3.63) is 47.4 Å². The minimum atomic E-state index is -0.297. The third-order valence-electron chi connectivity index (χ3n) is 3.60. The van der Waals surface area contributed by atoms with Crippen LogP contribution < -0.4 is 10.5 Å². The Morgan fingerprint density at radius 1 is 1.38 bits per heavy atom. The maximum atomic E-state index is 11.9. The van der Waals surface area contributed by atoms with E-state index in [1.165, 1.54) is 11.0 Å². The van der Waals surface area contributed by atoms with Gasteiger partial charge in [-0.25, -0.2) is 4.99 Å². The molecule has 7 heteroatoms. The molecular formula is C17H14N4O3. The van der Waals surface area contributed by atoms with Crippen LogP contribution in [0.2, 0.25) is 0 Å². The van der Waals surface area contributed by atoms with E-state index in [0.29, 0.717) is 28.4 Å². The van der Waals surface area contributed by atoms with Crippen molar-refractivity contribution in [2.24, 2.45) is 10.7 Å². The highest BCUT2D eigenvalue weighted by molar-refractivity contribution is 6.12. The van der Waals surface area contributed by atoms with Crippen molar-refractivity contribution in [1.29, 1.82) is 5.26 Å². The molecule has 1 amide bonds. The lowest BCUT2D eigenvalue weighted by atomic mass is 10.1. The summed E-state index contributed by atoms with van der Waals surface area (Å²) in [4.78, 5) is 17.2. The smallest absolute Gasteiger partial charge is 0.279 e. The van der Waals surface area contributed by atoms with Gasteiger partial charge in [0.25, 0.3) is 5.91 Å². The van der Waals surface area contributed by atoms with Crippen molar-refractivity contribution in [1.82, 2.24) is 4.90 Å². The normalized spacial score (nSPS) is 15.5. The van der Waals surface area contributed by atoms with Gasteiger partial charge in [-0.05, 0) is 30.3 Å². The number of carbonyl (C=O) groups is 1. The Morgan fingerprint density at radius 3 is 2.79 bits per heavy atom. The van der Waals surface area contributed by atoms with E-state index < -0.39 is 0 Å². The van der Waals surface area contributed by atoms with Crippen molar-refractivity contribution >= 4 is 17.9 Å². The van der Waals surface area contributed by atoms with Crippen molar-refractivity contribution < 1.29 is 13.9 Å². The summed E-state index contributed by atoms with van der Waals surface area (Å²) in [6.07, 6.45) is 1.52. The third-order valence-corrected chi connectivity index (χ3v) is 3.60. The summed E-state index contributed by atoms with van der Waals surface area (Å²) < 4.78 is 11.0. The lowest BCUT2D eigenvalue weighted by molar-refractivity contribution is -0.121. The van der Waals surface area contributed by atoms with Crippen LogP contribution in [0.15, 0.2) is 45.4 Å². The summed E-state index contributed by atoms with van der Waals surface area (Å²) in [5, 5.41) is 9.05. The van der Waals surface area contributed by atoms with Crippen molar-refractivity contribution in [3.8, 4) is 23.1 Å². The van der Waals surface area contributed by atoms with Crippen LogP contribution in [0.4, 0.5) is 0 Å². The highest BCUT2D eigenvalue weighted by Crippen LogP contribution is 2.32. The molecule has 0 unspecified atom stereocenters. The number of nitriles is 1. The van der Waals surface area contributed by atoms with Crippen molar-refractivity contribution in [2.75, 3.05) is 14.2 Å². The number of amides is 1. The number of benzene rings is 1. The van der Waals surface area contributed by atoms with Crippen LogP contribution in [-0.2, 0) is 4.79 Å². The fourth-order valence-corrected chi connectivity index (χ4v) is 2.30. The van der Waals surface area contributed by atoms with E-state index >= 15 is 0 Å². The van der Waals surface area contributed by atoms with Gasteiger partial charge in [-0.2, -0.15) is 5.26 Å². The van der Waals surface area contributed by atoms with Crippen LogP contribution in [0, 0.1) is 11.3 Å². The standard InChI is InChI=1S/C17H14N4O3/c1-21-16(22)13(20-17(21)19)8-11-4-6-15(24-11)12-7-10(9-18)3-5-14(12)23-2/h3-8H,1-2H3,(H2,19,20)/b13-8-. The van der Waals surface area contributed by atoms with Gasteiger partial charge in [0.2, 0.25) is 5.96 Å². The van der Waals surface area contributed by atoms with E-state index in [4.69, 9.17) is 20.1 Å². The number of carbonyl (C=O) groups excluding carboxylic acids is 1. The third kappa shape index (κ3) is 2.61. The SMILES string of the molecule is COc1ccc(C#N)cc1-c1ccc(/C=C2\N=C(N)N(C)C2=O)o1. The molecule has 3 rings (SSSR count). The van der Waals surface area contributed by atoms with Gasteiger partial charge >= 0.3 is 0 Å². The molecule has 1 aromatic heterocycles. The Balaban J connectivity index is 1.98. The second-order valence-electron chi connectivity index (χ2n) is 5.09. The fraction of sp³-hybridized carbons (Fsp3) is 0.118. The largest absolute Gasteiger partial charge is 0.496 e. The Hall–Kier alpha value is -3.53. The molecule has 2 aromatic rings. The van der Waals surface area contributed by atoms with E-state index in [1.54, 1.807) is 44.5 Å². The summed E-state index contributed by atoms with van der Waals surface area (Å²) in [6, 6.07) is 10.6. The molecule has 0 saturated heterocycles. The van der Waals surface area contributed by atoms with Gasteiger partial charge in [0.15, 0.2) is 0 Å². The molecule has 0 atom stereocenters. The van der Waals surface area contributed by atoms with Crippen LogP contribution in [0.3, 0.4) is 0 Å². The second-order valence-corrected chi connectivity index (χ2v) is 5.09. The van der Waals surface area contributed by atoms with Crippen LogP contribution in [0.1, 0.15) is 11.3 Å². The number of hydrogen-bond donors (Lipinski definition) is 1. The number of furan rings is 1. The number of nitrogens with zero attached hydrogens (tertiary/aromatic N) is 3. The highest BCUT2D eigenvalue weighted by atomic mass is 16.5. The average Bonchev–Trinajstić information content (AvgIpc) is 3.15. The van der Waals surface area contributed by atoms with Crippen LogP contribution >= 0.6 is 0 Å². The van der Waals surface area contributed by atoms with Gasteiger partial charge in [0, 0.05) is 13.1 Å². The summed E-state index contributed by atoms with van der Waals surface area (Å²) >= 11 is 0. The van der Waals surface area contributed by atoms with Crippen LogP contribution in [0.25, 0.3) is 17.4 Å². The summed E-state index contributed by atoms with van der Waals surface area (Å²) in [6.45, 7) is 0. The number of guanidine groups is 1. The van der Waals surface area contributed by atoms with Gasteiger partial charge in [-0.1, -0.05) is 0 Å². The summed E-state index contributed by atoms with van der Waals surface area (Å²) in [5.41, 5.74) is 6.96. The predicted molar refractivity (Wildman–Crippen MR) is 87.8 cm³/mol. The summed E-state index contributed by atoms with van der Waals surface area (Å²) in [7, 11) is 3.09. The van der Waals surface area contributed by atoms with Gasteiger partial charge in [0.05, 0.1) is 24.3 Å². The number of hydrogen-bond acceptors (Lipinski definition) is 6. The Kier molecular flexibility index (Phi) is 3.80. The first kappa shape index (κ1) is 15.4. The van der Waals surface area contributed by atoms with Gasteiger partial charge in [-0.15, -0.1) is 0 Å². The maximum absolute atomic E-state index is 11.9. The molecule has 0 aliphatic carbocycles. The number of rotatable bonds is 3. The average molecular weight is 322 g/mol. The van der Waals surface area contributed by atoms with E-state index in [2.05, 4.69) is 11.1 Å². The monoisotopic (exact) mass is 322 g/mol. The molecule has 0 fully saturated rings. The maximum Gasteiger partial charge on any atom is 0.279 e. The Labute approximate surface area is 138 Å². The molecule has 1 aliphatic rings. The molecular weight excluding hydrogens is 308 g/mol. The topological polar surface area (TPSA) is 105 Å². The van der Waals surface area contributed by atoms with Gasteiger partial charge < -0.3 is 14.9 Å². The minimum Gasteiger partial charge on any atom is -0.496 e. The van der Waals surface area contributed by atoms with E-state index in [0.717, 1.165) is 0 Å². The van der Waals surface area contributed by atoms with Crippen LogP contribution in [0.5, 0.6) is 5.75 Å². The van der Waals surface area contributed by atoms with E-state index in [1.807, 2.05) is 0 Å². The number of likely N-dealkylation sites (N-methyl/N-ethyl adjacent to an activating group) is 1. The van der Waals surface area contributed by atoms with Gasteiger partial charge in [-0.3, -0.25) is 9.69 Å². The number of ether oxygens (including phenoxy) is 1. The minimum absolute atomic E-state index is 0.140. The molecule has 1 aromatic carbocycles. The zero-order chi connectivity index (χ0) is 17.3. The number of aliphatic imine (C=N–C) groups is 1. The van der Waals surface area contributed by atoms with Gasteiger partial charge in [0.1, 0.15) is 23.0 Å². The molecule has 2 N–H and O–H groups in total. The number of nitrogens with two attached hydrogens (primary N) is 1. The number of methoxy groups -OCH3 is 1. The predicted octanol–water partition coefficient (Wildman–Crippen LogP) is 1.95. The highest BCUT2D eigenvalue weighted by Gasteiger charge is 2.25. The molecule has 120 valence electrons. The Morgan fingerprint density at radius 2 is 2.17 bits per heavy atom. The Bertz CT molecular complexity index is 918. The zero-order valence-electron chi connectivity index (χ0n) is 13.1. The molecule has 0 saturated carbocycles. The van der Waals surface area contributed by atoms with E-state index in [-0.39, 0.29) is 17.6 Å².